The molecule has 92 valence electrons. The van der Waals surface area contributed by atoms with Crippen molar-refractivity contribution in [3.63, 3.8) is 0 Å². The highest BCUT2D eigenvalue weighted by Crippen LogP contribution is 2.25. The van der Waals surface area contributed by atoms with Crippen molar-refractivity contribution in [3.05, 3.63) is 48.5 Å². The Kier molecular flexibility index (Phi) is 3.63. The van der Waals surface area contributed by atoms with Crippen molar-refractivity contribution in [2.24, 2.45) is 0 Å². The van der Waals surface area contributed by atoms with Crippen molar-refractivity contribution < 1.29 is 14.6 Å². The van der Waals surface area contributed by atoms with Crippen LogP contribution in [0.1, 0.15) is 13.3 Å². The topological polar surface area (TPSA) is 46.5 Å². The van der Waals surface area contributed by atoms with Crippen LogP contribution in [0.25, 0.3) is 11.1 Å². The van der Waals surface area contributed by atoms with Crippen LogP contribution in [0, 0.1) is 0 Å². The lowest BCUT2D eigenvalue weighted by Crippen LogP contribution is -2.05. The van der Waals surface area contributed by atoms with E-state index in [2.05, 4.69) is 0 Å². The summed E-state index contributed by atoms with van der Waals surface area (Å²) in [5, 5.41) is 9.41. The summed E-state index contributed by atoms with van der Waals surface area (Å²) in [6, 6.07) is 14.2. The molecule has 0 spiro atoms. The van der Waals surface area contributed by atoms with Crippen LogP contribution in [0.3, 0.4) is 0 Å². The van der Waals surface area contributed by atoms with Crippen molar-refractivity contribution in [1.29, 1.82) is 0 Å². The number of benzene rings is 2. The fraction of sp³-hybridized carbons (Fsp3) is 0.133. The molecule has 0 unspecified atom stereocenters. The first kappa shape index (κ1) is 12.2. The number of rotatable bonds is 3. The Labute approximate surface area is 106 Å². The summed E-state index contributed by atoms with van der Waals surface area (Å²) in [4.78, 5) is 11.1. The summed E-state index contributed by atoms with van der Waals surface area (Å²) in [5.41, 5.74) is 1.88. The zero-order valence-corrected chi connectivity index (χ0v) is 10.1. The molecule has 3 heteroatoms. The first-order chi connectivity index (χ1) is 8.69. The highest BCUT2D eigenvalue weighted by molar-refractivity contribution is 5.72. The minimum Gasteiger partial charge on any atom is -0.508 e. The predicted molar refractivity (Wildman–Crippen MR) is 69.5 cm³/mol. The van der Waals surface area contributed by atoms with Crippen molar-refractivity contribution in [1.82, 2.24) is 0 Å². The summed E-state index contributed by atoms with van der Waals surface area (Å²) in [6.07, 6.45) is 0.355. The maximum absolute atomic E-state index is 11.1. The molecule has 2 rings (SSSR count). The van der Waals surface area contributed by atoms with Crippen LogP contribution < -0.4 is 4.74 Å². The Morgan fingerprint density at radius 1 is 1.11 bits per heavy atom. The van der Waals surface area contributed by atoms with Gasteiger partial charge in [-0.15, -0.1) is 0 Å². The fourth-order valence-electron chi connectivity index (χ4n) is 1.60. The van der Waals surface area contributed by atoms with Gasteiger partial charge in [0.15, 0.2) is 0 Å². The van der Waals surface area contributed by atoms with Gasteiger partial charge in [0.2, 0.25) is 0 Å². The van der Waals surface area contributed by atoms with Crippen LogP contribution in [-0.2, 0) is 4.79 Å². The van der Waals surface area contributed by atoms with E-state index in [9.17, 15) is 9.90 Å². The average molecular weight is 242 g/mol. The van der Waals surface area contributed by atoms with Gasteiger partial charge in [-0.25, -0.2) is 0 Å². The normalized spacial score (nSPS) is 10.1. The highest BCUT2D eigenvalue weighted by atomic mass is 16.5. The number of carbonyl (C=O) groups excluding carboxylic acids is 1. The van der Waals surface area contributed by atoms with E-state index in [0.29, 0.717) is 12.2 Å². The van der Waals surface area contributed by atoms with Gasteiger partial charge in [-0.3, -0.25) is 4.79 Å². The van der Waals surface area contributed by atoms with Crippen molar-refractivity contribution in [3.8, 4) is 22.6 Å². The average Bonchev–Trinajstić information content (AvgIpc) is 2.39. The monoisotopic (exact) mass is 242 g/mol. The third-order valence-corrected chi connectivity index (χ3v) is 2.55. The number of hydrogen-bond donors (Lipinski definition) is 1. The van der Waals surface area contributed by atoms with Crippen LogP contribution in [0.5, 0.6) is 11.5 Å². The molecule has 0 saturated heterocycles. The fourth-order valence-corrected chi connectivity index (χ4v) is 1.60. The number of aromatic hydroxyl groups is 1. The van der Waals surface area contributed by atoms with E-state index < -0.39 is 0 Å². The van der Waals surface area contributed by atoms with Crippen LogP contribution in [0.2, 0.25) is 0 Å². The third-order valence-electron chi connectivity index (χ3n) is 2.55. The molecule has 2 aromatic rings. The molecular formula is C15H14O3. The Morgan fingerprint density at radius 3 is 2.44 bits per heavy atom. The number of esters is 1. The molecule has 0 bridgehead atoms. The van der Waals surface area contributed by atoms with E-state index in [1.165, 1.54) is 0 Å². The van der Waals surface area contributed by atoms with E-state index >= 15 is 0 Å². The van der Waals surface area contributed by atoms with Gasteiger partial charge in [0.1, 0.15) is 11.5 Å². The zero-order chi connectivity index (χ0) is 13.0. The molecule has 3 nitrogen and oxygen atoms in total. The summed E-state index contributed by atoms with van der Waals surface area (Å²) in [6.45, 7) is 1.75. The molecule has 0 fully saturated rings. The minimum atomic E-state index is -0.250. The molecule has 0 aliphatic heterocycles. The van der Waals surface area contributed by atoms with E-state index in [4.69, 9.17) is 4.74 Å². The Bertz CT molecular complexity index is 544. The number of phenols is 1. The van der Waals surface area contributed by atoms with Crippen molar-refractivity contribution in [2.45, 2.75) is 13.3 Å². The number of ether oxygens (including phenoxy) is 1. The van der Waals surface area contributed by atoms with Crippen molar-refractivity contribution in [2.75, 3.05) is 0 Å². The maximum atomic E-state index is 11.1. The molecule has 1 N–H and O–H groups in total. The summed E-state index contributed by atoms with van der Waals surface area (Å²) < 4.78 is 5.09. The third kappa shape index (κ3) is 2.88. The van der Waals surface area contributed by atoms with E-state index in [1.54, 1.807) is 37.3 Å². The van der Waals surface area contributed by atoms with Gasteiger partial charge in [0.05, 0.1) is 0 Å². The predicted octanol–water partition coefficient (Wildman–Crippen LogP) is 3.37. The van der Waals surface area contributed by atoms with Gasteiger partial charge >= 0.3 is 5.97 Å². The van der Waals surface area contributed by atoms with E-state index in [0.717, 1.165) is 11.1 Å². The second-order valence-corrected chi connectivity index (χ2v) is 3.90. The van der Waals surface area contributed by atoms with Crippen LogP contribution in [-0.4, -0.2) is 11.1 Å². The van der Waals surface area contributed by atoms with Gasteiger partial charge < -0.3 is 9.84 Å². The lowest BCUT2D eigenvalue weighted by molar-refractivity contribution is -0.134. The van der Waals surface area contributed by atoms with Crippen LogP contribution in [0.15, 0.2) is 48.5 Å². The van der Waals surface area contributed by atoms with Gasteiger partial charge in [-0.2, -0.15) is 0 Å². The van der Waals surface area contributed by atoms with Gasteiger partial charge in [-0.05, 0) is 35.4 Å². The molecule has 0 aromatic heterocycles. The quantitative estimate of drug-likeness (QED) is 0.663. The number of phenolic OH excluding ortho intramolecular Hbond substituents is 1. The zero-order valence-electron chi connectivity index (χ0n) is 10.1. The lowest BCUT2D eigenvalue weighted by atomic mass is 10.1. The van der Waals surface area contributed by atoms with E-state index in [-0.39, 0.29) is 11.7 Å². The molecule has 18 heavy (non-hydrogen) atoms. The molecular weight excluding hydrogens is 228 g/mol. The molecule has 0 heterocycles. The van der Waals surface area contributed by atoms with Gasteiger partial charge in [0, 0.05) is 6.42 Å². The first-order valence-corrected chi connectivity index (χ1v) is 5.79. The van der Waals surface area contributed by atoms with Crippen molar-refractivity contribution >= 4 is 5.97 Å². The second-order valence-electron chi connectivity index (χ2n) is 3.90. The lowest BCUT2D eigenvalue weighted by Gasteiger charge is -2.05. The second kappa shape index (κ2) is 5.36. The minimum absolute atomic E-state index is 0.231. The number of hydrogen-bond acceptors (Lipinski definition) is 3. The molecule has 0 amide bonds. The maximum Gasteiger partial charge on any atom is 0.310 e. The largest absolute Gasteiger partial charge is 0.508 e. The molecule has 0 saturated carbocycles. The van der Waals surface area contributed by atoms with Crippen LogP contribution in [0.4, 0.5) is 0 Å². The molecule has 0 atom stereocenters. The molecule has 0 aliphatic rings. The summed E-state index contributed by atoms with van der Waals surface area (Å²) >= 11 is 0. The van der Waals surface area contributed by atoms with E-state index in [1.807, 2.05) is 18.2 Å². The molecule has 2 aromatic carbocycles. The number of carbonyl (C=O) groups is 1. The summed E-state index contributed by atoms with van der Waals surface area (Å²) in [5.74, 6) is 0.514. The first-order valence-electron chi connectivity index (χ1n) is 5.79. The Balaban J connectivity index is 2.19. The standard InChI is InChI=1S/C15H14O3/c1-2-15(17)18-14-8-6-11(7-9-14)12-4-3-5-13(16)10-12/h3-10,16H,2H2,1H3. The Hall–Kier alpha value is -2.29. The van der Waals surface area contributed by atoms with Crippen LogP contribution >= 0.6 is 0 Å². The van der Waals surface area contributed by atoms with Gasteiger partial charge in [-0.1, -0.05) is 31.2 Å². The smallest absolute Gasteiger partial charge is 0.310 e. The molecule has 0 radical (unpaired) electrons. The SMILES string of the molecule is CCC(=O)Oc1ccc(-c2cccc(O)c2)cc1. The van der Waals surface area contributed by atoms with Gasteiger partial charge in [0.25, 0.3) is 0 Å². The summed E-state index contributed by atoms with van der Waals surface area (Å²) in [7, 11) is 0. The Morgan fingerprint density at radius 2 is 1.83 bits per heavy atom. The highest BCUT2D eigenvalue weighted by Gasteiger charge is 2.03. The molecule has 0 aliphatic carbocycles.